The monoisotopic (exact) mass is 284 g/mol. The lowest BCUT2D eigenvalue weighted by Crippen LogP contribution is -2.52. The fourth-order valence-corrected chi connectivity index (χ4v) is 3.12. The fourth-order valence-electron chi connectivity index (χ4n) is 3.12. The smallest absolute Gasteiger partial charge is 0.105 e. The normalized spacial score (nSPS) is 23.3. The van der Waals surface area contributed by atoms with Crippen LogP contribution in [0.15, 0.2) is 53.1 Å². The molecule has 1 aliphatic rings. The lowest BCUT2D eigenvalue weighted by atomic mass is 9.99. The van der Waals surface area contributed by atoms with E-state index in [9.17, 15) is 0 Å². The first-order chi connectivity index (χ1) is 10.4. The van der Waals surface area contributed by atoms with Gasteiger partial charge in [0.2, 0.25) is 0 Å². The van der Waals surface area contributed by atoms with E-state index in [1.165, 1.54) is 12.0 Å². The second kappa shape index (κ2) is 6.92. The molecule has 2 unspecified atom stereocenters. The first kappa shape index (κ1) is 14.4. The van der Waals surface area contributed by atoms with Gasteiger partial charge in [0.1, 0.15) is 5.76 Å². The topological polar surface area (TPSA) is 28.4 Å². The summed E-state index contributed by atoms with van der Waals surface area (Å²) in [6.07, 6.45) is 3.92. The van der Waals surface area contributed by atoms with Gasteiger partial charge < -0.3 is 9.73 Å². The Balaban J connectivity index is 1.70. The van der Waals surface area contributed by atoms with E-state index in [1.54, 1.807) is 6.26 Å². The van der Waals surface area contributed by atoms with Gasteiger partial charge in [-0.1, -0.05) is 37.3 Å². The number of hydrogen-bond acceptors (Lipinski definition) is 3. The van der Waals surface area contributed by atoms with Gasteiger partial charge in [0.25, 0.3) is 0 Å². The summed E-state index contributed by atoms with van der Waals surface area (Å²) in [4.78, 5) is 2.60. The number of benzene rings is 1. The molecule has 0 aliphatic carbocycles. The summed E-state index contributed by atoms with van der Waals surface area (Å²) < 4.78 is 5.48. The summed E-state index contributed by atoms with van der Waals surface area (Å²) in [5.41, 5.74) is 1.40. The SMILES string of the molecule is CCC1CN(CCc2ccco2)C(c2ccccc2)CN1. The highest BCUT2D eigenvalue weighted by Gasteiger charge is 2.27. The van der Waals surface area contributed by atoms with E-state index in [1.807, 2.05) is 6.07 Å². The van der Waals surface area contributed by atoms with Gasteiger partial charge in [-0.05, 0) is 24.1 Å². The highest BCUT2D eigenvalue weighted by atomic mass is 16.3. The third kappa shape index (κ3) is 3.55. The van der Waals surface area contributed by atoms with Crippen LogP contribution in [-0.4, -0.2) is 30.6 Å². The zero-order chi connectivity index (χ0) is 14.5. The van der Waals surface area contributed by atoms with Crippen LogP contribution in [0.3, 0.4) is 0 Å². The Morgan fingerprint density at radius 1 is 1.19 bits per heavy atom. The molecule has 1 fully saturated rings. The average molecular weight is 284 g/mol. The molecule has 1 N–H and O–H groups in total. The third-order valence-corrected chi connectivity index (χ3v) is 4.40. The first-order valence-electron chi connectivity index (χ1n) is 7.91. The van der Waals surface area contributed by atoms with Gasteiger partial charge in [0, 0.05) is 38.1 Å². The molecule has 0 saturated carbocycles. The molecular weight excluding hydrogens is 260 g/mol. The van der Waals surface area contributed by atoms with E-state index in [0.717, 1.165) is 31.8 Å². The predicted molar refractivity (Wildman–Crippen MR) is 85.2 cm³/mol. The van der Waals surface area contributed by atoms with Gasteiger partial charge in [-0.3, -0.25) is 4.90 Å². The van der Waals surface area contributed by atoms with Crippen LogP contribution in [-0.2, 0) is 6.42 Å². The van der Waals surface area contributed by atoms with Crippen molar-refractivity contribution in [1.29, 1.82) is 0 Å². The van der Waals surface area contributed by atoms with Crippen molar-refractivity contribution >= 4 is 0 Å². The minimum Gasteiger partial charge on any atom is -0.469 e. The van der Waals surface area contributed by atoms with Gasteiger partial charge in [-0.25, -0.2) is 0 Å². The Bertz CT molecular complexity index is 523. The summed E-state index contributed by atoms with van der Waals surface area (Å²) in [5.74, 6) is 1.08. The zero-order valence-corrected chi connectivity index (χ0v) is 12.7. The van der Waals surface area contributed by atoms with E-state index in [2.05, 4.69) is 53.5 Å². The van der Waals surface area contributed by atoms with E-state index in [-0.39, 0.29) is 0 Å². The Morgan fingerprint density at radius 3 is 2.76 bits per heavy atom. The van der Waals surface area contributed by atoms with Crippen LogP contribution in [0.25, 0.3) is 0 Å². The molecule has 2 atom stereocenters. The quantitative estimate of drug-likeness (QED) is 0.913. The molecule has 2 aromatic rings. The second-order valence-corrected chi connectivity index (χ2v) is 5.76. The maximum atomic E-state index is 5.48. The molecule has 2 heterocycles. The van der Waals surface area contributed by atoms with Crippen LogP contribution in [0.2, 0.25) is 0 Å². The number of nitrogens with zero attached hydrogens (tertiary/aromatic N) is 1. The van der Waals surface area contributed by atoms with Crippen molar-refractivity contribution in [3.05, 3.63) is 60.1 Å². The fraction of sp³-hybridized carbons (Fsp3) is 0.444. The minimum atomic E-state index is 0.462. The van der Waals surface area contributed by atoms with Crippen molar-refractivity contribution in [2.75, 3.05) is 19.6 Å². The molecular formula is C18H24N2O. The molecule has 3 heteroatoms. The van der Waals surface area contributed by atoms with Crippen LogP contribution in [0.5, 0.6) is 0 Å². The van der Waals surface area contributed by atoms with E-state index >= 15 is 0 Å². The summed E-state index contributed by atoms with van der Waals surface area (Å²) in [5, 5.41) is 3.68. The zero-order valence-electron chi connectivity index (χ0n) is 12.7. The van der Waals surface area contributed by atoms with Gasteiger partial charge in [0.15, 0.2) is 0 Å². The summed E-state index contributed by atoms with van der Waals surface area (Å²) in [6.45, 7) is 5.44. The number of nitrogens with one attached hydrogen (secondary N) is 1. The van der Waals surface area contributed by atoms with E-state index in [4.69, 9.17) is 4.42 Å². The van der Waals surface area contributed by atoms with Gasteiger partial charge >= 0.3 is 0 Å². The van der Waals surface area contributed by atoms with E-state index in [0.29, 0.717) is 12.1 Å². The lowest BCUT2D eigenvalue weighted by molar-refractivity contribution is 0.128. The average Bonchev–Trinajstić information content (AvgIpc) is 3.07. The summed E-state index contributed by atoms with van der Waals surface area (Å²) in [6, 6.07) is 15.9. The molecule has 1 aliphatic heterocycles. The highest BCUT2D eigenvalue weighted by molar-refractivity contribution is 5.20. The van der Waals surface area contributed by atoms with Crippen LogP contribution >= 0.6 is 0 Å². The maximum absolute atomic E-state index is 5.48. The predicted octanol–water partition coefficient (Wildman–Crippen LogP) is 3.25. The molecule has 3 nitrogen and oxygen atoms in total. The molecule has 1 saturated heterocycles. The maximum Gasteiger partial charge on any atom is 0.105 e. The van der Waals surface area contributed by atoms with Crippen molar-refractivity contribution < 1.29 is 4.42 Å². The second-order valence-electron chi connectivity index (χ2n) is 5.76. The Morgan fingerprint density at radius 2 is 2.05 bits per heavy atom. The van der Waals surface area contributed by atoms with Gasteiger partial charge in [-0.2, -0.15) is 0 Å². The first-order valence-corrected chi connectivity index (χ1v) is 7.91. The van der Waals surface area contributed by atoms with Crippen LogP contribution in [0.1, 0.15) is 30.7 Å². The largest absolute Gasteiger partial charge is 0.469 e. The Hall–Kier alpha value is -1.58. The standard InChI is InChI=1S/C18H24N2O/c1-2-16-14-20(11-10-17-9-6-12-21-17)18(13-19-16)15-7-4-3-5-8-15/h3-9,12,16,18-19H,2,10-11,13-14H2,1H3. The number of piperazine rings is 1. The summed E-state index contributed by atoms with van der Waals surface area (Å²) >= 11 is 0. The number of rotatable bonds is 5. The van der Waals surface area contributed by atoms with Crippen LogP contribution < -0.4 is 5.32 Å². The van der Waals surface area contributed by atoms with Crippen molar-refractivity contribution in [1.82, 2.24) is 10.2 Å². The molecule has 0 spiro atoms. The van der Waals surface area contributed by atoms with Crippen molar-refractivity contribution in [3.63, 3.8) is 0 Å². The molecule has 1 aromatic carbocycles. The van der Waals surface area contributed by atoms with Crippen molar-refractivity contribution in [3.8, 4) is 0 Å². The molecule has 0 bridgehead atoms. The molecule has 112 valence electrons. The summed E-state index contributed by atoms with van der Waals surface area (Å²) in [7, 11) is 0. The molecule has 3 rings (SSSR count). The molecule has 21 heavy (non-hydrogen) atoms. The van der Waals surface area contributed by atoms with Gasteiger partial charge in [-0.15, -0.1) is 0 Å². The number of hydrogen-bond donors (Lipinski definition) is 1. The van der Waals surface area contributed by atoms with E-state index < -0.39 is 0 Å². The minimum absolute atomic E-state index is 0.462. The van der Waals surface area contributed by atoms with Crippen LogP contribution in [0.4, 0.5) is 0 Å². The Labute approximate surface area is 127 Å². The third-order valence-electron chi connectivity index (χ3n) is 4.40. The van der Waals surface area contributed by atoms with Crippen molar-refractivity contribution in [2.24, 2.45) is 0 Å². The Kier molecular flexibility index (Phi) is 4.73. The highest BCUT2D eigenvalue weighted by Crippen LogP contribution is 2.24. The van der Waals surface area contributed by atoms with Crippen LogP contribution in [0, 0.1) is 0 Å². The number of furan rings is 1. The van der Waals surface area contributed by atoms with Crippen molar-refractivity contribution in [2.45, 2.75) is 31.8 Å². The molecule has 0 radical (unpaired) electrons. The van der Waals surface area contributed by atoms with Gasteiger partial charge in [0.05, 0.1) is 6.26 Å². The molecule has 1 aromatic heterocycles. The lowest BCUT2D eigenvalue weighted by Gasteiger charge is -2.40. The molecule has 0 amide bonds.